The molecule has 16 heavy (non-hydrogen) atoms. The van der Waals surface area contributed by atoms with Crippen LogP contribution in [-0.4, -0.2) is 12.1 Å². The zero-order valence-corrected chi connectivity index (χ0v) is 15.1. The molecular weight excluding hydrogens is 393 g/mol. The Morgan fingerprint density at radius 2 is 2.25 bits per heavy atom. The van der Waals surface area contributed by atoms with Crippen molar-refractivity contribution in [1.82, 2.24) is 0 Å². The quantitative estimate of drug-likeness (QED) is 0.724. The first-order valence-electron chi connectivity index (χ1n) is 5.57. The van der Waals surface area contributed by atoms with Crippen LogP contribution in [0.4, 0.5) is 0 Å². The SMILES string of the molecule is CC(=O)[O][Hg][CH2][C@@H]1Oc2ccccc2[C@@H]1C. The Morgan fingerprint density at radius 3 is 2.94 bits per heavy atom. The Balaban J connectivity index is 1.94. The molecule has 1 aromatic rings. The Labute approximate surface area is 108 Å². The Morgan fingerprint density at radius 1 is 1.50 bits per heavy atom. The van der Waals surface area contributed by atoms with Crippen LogP contribution in [0.1, 0.15) is 25.3 Å². The molecule has 0 bridgehead atoms. The van der Waals surface area contributed by atoms with Gasteiger partial charge in [-0.25, -0.2) is 0 Å². The molecule has 4 heteroatoms. The van der Waals surface area contributed by atoms with Crippen molar-refractivity contribution in [2.45, 2.75) is 29.8 Å². The van der Waals surface area contributed by atoms with Gasteiger partial charge in [0.25, 0.3) is 0 Å². The number of hydrogen-bond donors (Lipinski definition) is 0. The van der Waals surface area contributed by atoms with Gasteiger partial charge in [0.15, 0.2) is 0 Å². The third kappa shape index (κ3) is 2.57. The van der Waals surface area contributed by atoms with Crippen LogP contribution in [0.3, 0.4) is 0 Å². The minimum absolute atomic E-state index is 0.134. The van der Waals surface area contributed by atoms with Crippen LogP contribution in [0.2, 0.25) is 3.93 Å². The van der Waals surface area contributed by atoms with Crippen molar-refractivity contribution in [2.75, 3.05) is 0 Å². The van der Waals surface area contributed by atoms with E-state index in [9.17, 15) is 4.79 Å². The van der Waals surface area contributed by atoms with Gasteiger partial charge in [-0.3, -0.25) is 0 Å². The molecule has 2 rings (SSSR count). The van der Waals surface area contributed by atoms with Gasteiger partial charge in [-0.2, -0.15) is 0 Å². The predicted octanol–water partition coefficient (Wildman–Crippen LogP) is 2.53. The van der Waals surface area contributed by atoms with E-state index in [-0.39, 0.29) is 12.1 Å². The normalized spacial score (nSPS) is 21.9. The van der Waals surface area contributed by atoms with Crippen molar-refractivity contribution in [3.63, 3.8) is 0 Å². The van der Waals surface area contributed by atoms with Crippen molar-refractivity contribution >= 4 is 5.97 Å². The minimum atomic E-state index is -1.52. The van der Waals surface area contributed by atoms with E-state index in [0.29, 0.717) is 5.92 Å². The van der Waals surface area contributed by atoms with Gasteiger partial charge in [-0.1, -0.05) is 0 Å². The van der Waals surface area contributed by atoms with Gasteiger partial charge in [-0.15, -0.1) is 0 Å². The van der Waals surface area contributed by atoms with Crippen LogP contribution in [0.5, 0.6) is 5.75 Å². The standard InChI is InChI=1S/C10H11O.C2H4O2.Hg/c1-7-8(2)11-10-6-4-3-5-9(7)10;1-2(3)4;/h3-8H,2H2,1H3;1H3,(H,3,4);/q;;+1/p-1/t7-,8+;;/m1../s1. The summed E-state index contributed by atoms with van der Waals surface area (Å²) in [5.41, 5.74) is 1.28. The van der Waals surface area contributed by atoms with Crippen LogP contribution in [0.25, 0.3) is 0 Å². The van der Waals surface area contributed by atoms with Gasteiger partial charge >= 0.3 is 109 Å². The maximum absolute atomic E-state index is 10.7. The summed E-state index contributed by atoms with van der Waals surface area (Å²) in [6.45, 7) is 3.66. The van der Waals surface area contributed by atoms with Gasteiger partial charge in [0, 0.05) is 0 Å². The second-order valence-corrected chi connectivity index (χ2v) is 9.07. The number of rotatable bonds is 3. The second-order valence-electron chi connectivity index (χ2n) is 4.11. The predicted molar refractivity (Wildman–Crippen MR) is 55.8 cm³/mol. The summed E-state index contributed by atoms with van der Waals surface area (Å²) < 4.78 is 12.0. The molecule has 0 aromatic heterocycles. The van der Waals surface area contributed by atoms with E-state index in [4.69, 9.17) is 7.38 Å². The molecule has 0 saturated carbocycles. The summed E-state index contributed by atoms with van der Waals surface area (Å²) >= 11 is -1.52. The van der Waals surface area contributed by atoms with Crippen LogP contribution in [0.15, 0.2) is 24.3 Å². The van der Waals surface area contributed by atoms with Crippen LogP contribution >= 0.6 is 0 Å². The summed E-state index contributed by atoms with van der Waals surface area (Å²) in [4.78, 5) is 10.7. The summed E-state index contributed by atoms with van der Waals surface area (Å²) in [6, 6.07) is 8.15. The summed E-state index contributed by atoms with van der Waals surface area (Å²) in [5.74, 6) is 1.29. The van der Waals surface area contributed by atoms with Crippen LogP contribution in [-0.2, 0) is 32.5 Å². The Kier molecular flexibility index (Phi) is 3.84. The van der Waals surface area contributed by atoms with Gasteiger partial charge in [-0.05, 0) is 0 Å². The summed E-state index contributed by atoms with van der Waals surface area (Å²) in [7, 11) is 0. The molecule has 1 heterocycles. The molecule has 0 amide bonds. The van der Waals surface area contributed by atoms with Crippen LogP contribution in [0, 0.1) is 0 Å². The fourth-order valence-corrected chi connectivity index (χ4v) is 6.94. The third-order valence-corrected chi connectivity index (χ3v) is 8.46. The average molecular weight is 407 g/mol. The molecular formula is C12H14HgO3. The fraction of sp³-hybridized carbons (Fsp3) is 0.417. The molecule has 82 valence electrons. The van der Waals surface area contributed by atoms with E-state index < -0.39 is 25.0 Å². The molecule has 3 nitrogen and oxygen atoms in total. The first kappa shape index (κ1) is 11.9. The van der Waals surface area contributed by atoms with E-state index in [1.807, 2.05) is 18.2 Å². The summed E-state index contributed by atoms with van der Waals surface area (Å²) in [5, 5.41) is 0. The van der Waals surface area contributed by atoms with Gasteiger partial charge in [0.2, 0.25) is 0 Å². The van der Waals surface area contributed by atoms with E-state index in [2.05, 4.69) is 13.0 Å². The number of para-hydroxylation sites is 1. The van der Waals surface area contributed by atoms with Crippen molar-refractivity contribution in [3.8, 4) is 5.75 Å². The van der Waals surface area contributed by atoms with Gasteiger partial charge in [0.05, 0.1) is 0 Å². The first-order valence-corrected chi connectivity index (χ1v) is 11.7. The van der Waals surface area contributed by atoms with E-state index >= 15 is 0 Å². The average Bonchev–Trinajstić information content (AvgIpc) is 2.56. The van der Waals surface area contributed by atoms with Crippen LogP contribution < -0.4 is 4.74 Å². The van der Waals surface area contributed by atoms with E-state index in [1.165, 1.54) is 12.5 Å². The molecule has 0 saturated heterocycles. The topological polar surface area (TPSA) is 35.5 Å². The first-order chi connectivity index (χ1) is 7.68. The maximum atomic E-state index is 10.7. The van der Waals surface area contributed by atoms with Crippen molar-refractivity contribution < 1.29 is 37.2 Å². The molecule has 0 radical (unpaired) electrons. The number of carbonyl (C=O) groups is 1. The molecule has 1 aliphatic heterocycles. The number of fused-ring (bicyclic) bond motifs is 1. The number of carbonyl (C=O) groups excluding carboxylic acids is 1. The fourth-order valence-electron chi connectivity index (χ4n) is 2.06. The Hall–Kier alpha value is -0.575. The Bertz CT molecular complexity index is 392. The molecule has 0 N–H and O–H groups in total. The molecule has 0 aliphatic carbocycles. The molecule has 2 atom stereocenters. The number of hydrogen-bond acceptors (Lipinski definition) is 3. The molecule has 1 aliphatic rings. The van der Waals surface area contributed by atoms with Gasteiger partial charge in [0.1, 0.15) is 0 Å². The molecule has 0 fully saturated rings. The van der Waals surface area contributed by atoms with Crippen molar-refractivity contribution in [2.24, 2.45) is 0 Å². The number of benzene rings is 1. The van der Waals surface area contributed by atoms with Gasteiger partial charge < -0.3 is 0 Å². The second kappa shape index (κ2) is 5.17. The summed E-state index contributed by atoms with van der Waals surface area (Å²) in [6.07, 6.45) is 0.221. The molecule has 0 unspecified atom stereocenters. The third-order valence-electron chi connectivity index (χ3n) is 2.95. The van der Waals surface area contributed by atoms with Crippen molar-refractivity contribution in [3.05, 3.63) is 29.8 Å². The zero-order valence-electron chi connectivity index (χ0n) is 9.60. The van der Waals surface area contributed by atoms with Crippen molar-refractivity contribution in [1.29, 1.82) is 0 Å². The number of ether oxygens (including phenoxy) is 1. The molecule has 1 aromatic carbocycles. The monoisotopic (exact) mass is 408 g/mol. The van der Waals surface area contributed by atoms with E-state index in [1.54, 1.807) is 0 Å². The zero-order chi connectivity index (χ0) is 11.5. The van der Waals surface area contributed by atoms with E-state index in [0.717, 1.165) is 9.68 Å². The molecule has 0 spiro atoms.